The van der Waals surface area contributed by atoms with Gasteiger partial charge in [-0.2, -0.15) is 12.6 Å². The largest absolute Gasteiger partial charge is 0.482 e. The van der Waals surface area contributed by atoms with Gasteiger partial charge in [-0.25, -0.2) is 0 Å². The molecule has 0 aromatic heterocycles. The molecule has 1 aromatic carbocycles. The summed E-state index contributed by atoms with van der Waals surface area (Å²) in [7, 11) is 0. The van der Waals surface area contributed by atoms with E-state index in [2.05, 4.69) is 19.6 Å². The number of nitro groups is 1. The van der Waals surface area contributed by atoms with Crippen LogP contribution >= 0.6 is 12.6 Å². The van der Waals surface area contributed by atoms with Gasteiger partial charge in [0, 0.05) is 18.7 Å². The number of thiol groups is 1. The van der Waals surface area contributed by atoms with E-state index in [9.17, 15) is 14.9 Å². The van der Waals surface area contributed by atoms with Gasteiger partial charge < -0.3 is 9.64 Å². The monoisotopic (exact) mass is 310 g/mol. The molecule has 1 unspecified atom stereocenters. The number of nitro benzene ring substituents is 1. The molecule has 2 rings (SSSR count). The van der Waals surface area contributed by atoms with Crippen LogP contribution in [0.5, 0.6) is 5.75 Å². The van der Waals surface area contributed by atoms with E-state index in [0.29, 0.717) is 23.7 Å². The molecule has 0 bridgehead atoms. The Labute approximate surface area is 128 Å². The van der Waals surface area contributed by atoms with E-state index >= 15 is 0 Å². The Kier molecular flexibility index (Phi) is 5.06. The van der Waals surface area contributed by atoms with Crippen LogP contribution in [0.4, 0.5) is 11.4 Å². The summed E-state index contributed by atoms with van der Waals surface area (Å²) in [5.41, 5.74) is 0.429. The molecule has 0 saturated carbocycles. The second-order valence-corrected chi connectivity index (χ2v) is 5.40. The molecule has 0 aliphatic carbocycles. The van der Waals surface area contributed by atoms with Crippen molar-refractivity contribution in [3.05, 3.63) is 28.3 Å². The number of carbonyl (C=O) groups excluding carboxylic acids is 1. The van der Waals surface area contributed by atoms with Crippen LogP contribution in [0, 0.1) is 16.0 Å². The van der Waals surface area contributed by atoms with Gasteiger partial charge in [0.25, 0.3) is 11.6 Å². The summed E-state index contributed by atoms with van der Waals surface area (Å²) in [5.74, 6) is 1.26. The standard InChI is InChI=1S/C14H18N2O4S/c1-2-3-10(9-21)7-15-12-6-11(16(18)19)4-5-13(12)20-8-14(15)17/h4-6,10,21H,2-3,7-9H2,1H3. The lowest BCUT2D eigenvalue weighted by Gasteiger charge is -2.31. The minimum atomic E-state index is -0.473. The van der Waals surface area contributed by atoms with Gasteiger partial charge in [-0.1, -0.05) is 13.3 Å². The molecule has 1 amide bonds. The molecular formula is C14H18N2O4S. The zero-order valence-corrected chi connectivity index (χ0v) is 12.7. The van der Waals surface area contributed by atoms with Crippen molar-refractivity contribution in [3.8, 4) is 5.75 Å². The summed E-state index contributed by atoms with van der Waals surface area (Å²) in [5, 5.41) is 10.9. The highest BCUT2D eigenvalue weighted by Gasteiger charge is 2.29. The summed E-state index contributed by atoms with van der Waals surface area (Å²) in [6, 6.07) is 4.32. The molecule has 0 spiro atoms. The zero-order valence-electron chi connectivity index (χ0n) is 11.8. The van der Waals surface area contributed by atoms with Gasteiger partial charge in [0.1, 0.15) is 5.75 Å². The maximum atomic E-state index is 12.1. The number of non-ortho nitro benzene ring substituents is 1. The van der Waals surface area contributed by atoms with Crippen molar-refractivity contribution in [2.45, 2.75) is 19.8 Å². The SMILES string of the molecule is CCCC(CS)CN1C(=O)COc2ccc([N+](=O)[O-])cc21. The summed E-state index contributed by atoms with van der Waals surface area (Å²) in [6.45, 7) is 2.56. The van der Waals surface area contributed by atoms with E-state index in [1.807, 2.05) is 0 Å². The van der Waals surface area contributed by atoms with Crippen LogP contribution in [-0.4, -0.2) is 29.7 Å². The first-order valence-corrected chi connectivity index (χ1v) is 7.52. The van der Waals surface area contributed by atoms with E-state index in [4.69, 9.17) is 4.74 Å². The molecule has 1 aromatic rings. The third-order valence-corrected chi connectivity index (χ3v) is 4.01. The molecule has 0 saturated heterocycles. The molecule has 1 heterocycles. The Morgan fingerprint density at radius 1 is 1.52 bits per heavy atom. The average Bonchev–Trinajstić information content (AvgIpc) is 2.48. The first-order valence-electron chi connectivity index (χ1n) is 6.89. The van der Waals surface area contributed by atoms with E-state index in [-0.39, 0.29) is 24.1 Å². The third kappa shape index (κ3) is 3.47. The van der Waals surface area contributed by atoms with Gasteiger partial charge in [0.2, 0.25) is 0 Å². The van der Waals surface area contributed by atoms with Crippen molar-refractivity contribution in [1.29, 1.82) is 0 Å². The molecule has 0 fully saturated rings. The van der Waals surface area contributed by atoms with Crippen molar-refractivity contribution in [1.82, 2.24) is 0 Å². The Hall–Kier alpha value is -1.76. The predicted molar refractivity (Wildman–Crippen MR) is 83.2 cm³/mol. The second-order valence-electron chi connectivity index (χ2n) is 5.04. The Morgan fingerprint density at radius 3 is 2.90 bits per heavy atom. The normalized spacial score (nSPS) is 15.3. The first-order chi connectivity index (χ1) is 10.1. The number of fused-ring (bicyclic) bond motifs is 1. The lowest BCUT2D eigenvalue weighted by Crippen LogP contribution is -2.42. The molecular weight excluding hydrogens is 292 g/mol. The number of amides is 1. The number of hydrogen-bond acceptors (Lipinski definition) is 5. The number of hydrogen-bond donors (Lipinski definition) is 1. The van der Waals surface area contributed by atoms with Gasteiger partial charge in [-0.05, 0) is 24.2 Å². The van der Waals surface area contributed by atoms with E-state index in [1.54, 1.807) is 11.0 Å². The maximum absolute atomic E-state index is 12.1. The number of ether oxygens (including phenoxy) is 1. The quantitative estimate of drug-likeness (QED) is 0.498. The van der Waals surface area contributed by atoms with Crippen LogP contribution in [0.2, 0.25) is 0 Å². The molecule has 114 valence electrons. The highest BCUT2D eigenvalue weighted by atomic mass is 32.1. The molecule has 1 aliphatic rings. The number of rotatable bonds is 6. The van der Waals surface area contributed by atoms with Crippen molar-refractivity contribution < 1.29 is 14.5 Å². The fraction of sp³-hybridized carbons (Fsp3) is 0.500. The predicted octanol–water partition coefficient (Wildman–Crippen LogP) is 2.67. The highest BCUT2D eigenvalue weighted by molar-refractivity contribution is 7.80. The zero-order chi connectivity index (χ0) is 15.4. The molecule has 1 atom stereocenters. The number of nitrogens with zero attached hydrogens (tertiary/aromatic N) is 2. The van der Waals surface area contributed by atoms with Gasteiger partial charge in [-0.3, -0.25) is 14.9 Å². The summed E-state index contributed by atoms with van der Waals surface area (Å²) in [4.78, 5) is 24.1. The van der Waals surface area contributed by atoms with Gasteiger partial charge in [-0.15, -0.1) is 0 Å². The molecule has 0 N–H and O–H groups in total. The first kappa shape index (κ1) is 15.6. The minimum Gasteiger partial charge on any atom is -0.482 e. The molecule has 6 nitrogen and oxygen atoms in total. The van der Waals surface area contributed by atoms with Gasteiger partial charge in [0.05, 0.1) is 10.6 Å². The Morgan fingerprint density at radius 2 is 2.29 bits per heavy atom. The van der Waals surface area contributed by atoms with E-state index in [0.717, 1.165) is 12.8 Å². The molecule has 1 aliphatic heterocycles. The number of carbonyl (C=O) groups is 1. The van der Waals surface area contributed by atoms with Crippen LogP contribution in [-0.2, 0) is 4.79 Å². The molecule has 0 radical (unpaired) electrons. The summed E-state index contributed by atoms with van der Waals surface area (Å²) >= 11 is 4.32. The number of benzene rings is 1. The maximum Gasteiger partial charge on any atom is 0.271 e. The lowest BCUT2D eigenvalue weighted by atomic mass is 10.0. The molecule has 7 heteroatoms. The van der Waals surface area contributed by atoms with Crippen molar-refractivity contribution in [2.75, 3.05) is 23.8 Å². The van der Waals surface area contributed by atoms with E-state index in [1.165, 1.54) is 12.1 Å². The van der Waals surface area contributed by atoms with Crippen molar-refractivity contribution in [3.63, 3.8) is 0 Å². The smallest absolute Gasteiger partial charge is 0.271 e. The Balaban J connectivity index is 2.31. The van der Waals surface area contributed by atoms with Crippen LogP contribution < -0.4 is 9.64 Å². The summed E-state index contributed by atoms with van der Waals surface area (Å²) < 4.78 is 5.34. The van der Waals surface area contributed by atoms with Crippen LogP contribution in [0.25, 0.3) is 0 Å². The number of anilines is 1. The fourth-order valence-corrected chi connectivity index (χ4v) is 2.71. The third-order valence-electron chi connectivity index (χ3n) is 3.49. The molecule has 21 heavy (non-hydrogen) atoms. The van der Waals surface area contributed by atoms with Crippen molar-refractivity contribution in [2.24, 2.45) is 5.92 Å². The lowest BCUT2D eigenvalue weighted by molar-refractivity contribution is -0.384. The van der Waals surface area contributed by atoms with Crippen LogP contribution in [0.15, 0.2) is 18.2 Å². The topological polar surface area (TPSA) is 72.7 Å². The average molecular weight is 310 g/mol. The van der Waals surface area contributed by atoms with Crippen LogP contribution in [0.1, 0.15) is 19.8 Å². The minimum absolute atomic E-state index is 0.0315. The van der Waals surface area contributed by atoms with Crippen LogP contribution in [0.3, 0.4) is 0 Å². The van der Waals surface area contributed by atoms with Gasteiger partial charge >= 0.3 is 0 Å². The summed E-state index contributed by atoms with van der Waals surface area (Å²) in [6.07, 6.45) is 1.96. The van der Waals surface area contributed by atoms with E-state index < -0.39 is 4.92 Å². The van der Waals surface area contributed by atoms with Crippen molar-refractivity contribution >= 4 is 29.9 Å². The fourth-order valence-electron chi connectivity index (χ4n) is 2.41. The second kappa shape index (κ2) is 6.80. The van der Waals surface area contributed by atoms with Gasteiger partial charge in [0.15, 0.2) is 6.61 Å². The highest BCUT2D eigenvalue weighted by Crippen LogP contribution is 2.36. The Bertz CT molecular complexity index is 550.